The lowest BCUT2D eigenvalue weighted by molar-refractivity contribution is -0.266. The van der Waals surface area contributed by atoms with Crippen molar-refractivity contribution in [1.29, 1.82) is 0 Å². The number of hydrogen-bond donors (Lipinski definition) is 1. The fourth-order valence-electron chi connectivity index (χ4n) is 0.781. The van der Waals surface area contributed by atoms with E-state index in [9.17, 15) is 31.1 Å². The minimum atomic E-state index is -6.04. The molecule has 1 aromatic heterocycles. The van der Waals surface area contributed by atoms with Crippen LogP contribution in [0.3, 0.4) is 0 Å². The first-order chi connectivity index (χ1) is 8.00. The van der Waals surface area contributed by atoms with E-state index < -0.39 is 28.3 Å². The van der Waals surface area contributed by atoms with Crippen LogP contribution in [0, 0.1) is 0 Å². The van der Waals surface area contributed by atoms with Gasteiger partial charge >= 0.3 is 23.1 Å². The third kappa shape index (κ3) is 2.53. The number of hydrogen-bond acceptors (Lipinski definition) is 3. The first-order valence-corrected chi connectivity index (χ1v) is 5.29. The van der Waals surface area contributed by atoms with Gasteiger partial charge in [0.1, 0.15) is 0 Å². The number of amides is 1. The van der Waals surface area contributed by atoms with Crippen molar-refractivity contribution in [2.75, 3.05) is 5.32 Å². The normalized spacial score (nSPS) is 13.5. The molecule has 1 heterocycles. The smallest absolute Gasteiger partial charge is 0.296 e. The van der Waals surface area contributed by atoms with Gasteiger partial charge in [-0.25, -0.2) is 4.98 Å². The lowest BCUT2D eigenvalue weighted by Crippen LogP contribution is -2.57. The molecule has 0 radical (unpaired) electrons. The van der Waals surface area contributed by atoms with Crippen LogP contribution < -0.4 is 5.32 Å². The first kappa shape index (κ1) is 15.0. The molecule has 0 aliphatic heterocycles. The number of carbonyl (C=O) groups excluding carboxylic acids is 1. The number of aromatic nitrogens is 1. The van der Waals surface area contributed by atoms with E-state index in [2.05, 4.69) is 16.6 Å². The van der Waals surface area contributed by atoms with Crippen LogP contribution in [-0.2, 0) is 4.79 Å². The summed E-state index contributed by atoms with van der Waals surface area (Å²) in [4.78, 5) is 14.2. The van der Waals surface area contributed by atoms with Crippen LogP contribution in [0.2, 0.25) is 0 Å². The van der Waals surface area contributed by atoms with Crippen molar-refractivity contribution in [1.82, 2.24) is 4.98 Å². The van der Waals surface area contributed by atoms with Gasteiger partial charge < -0.3 is 0 Å². The van der Waals surface area contributed by atoms with Crippen LogP contribution >= 0.6 is 22.9 Å². The maximum atomic E-state index is 12.9. The van der Waals surface area contributed by atoms with E-state index in [1.54, 1.807) is 0 Å². The summed E-state index contributed by atoms with van der Waals surface area (Å²) in [7, 11) is 0. The highest BCUT2D eigenvalue weighted by Gasteiger charge is 2.74. The monoisotopic (exact) mass is 312 g/mol. The molecule has 0 saturated carbocycles. The van der Waals surface area contributed by atoms with E-state index in [1.165, 1.54) is 10.7 Å². The molecule has 3 nitrogen and oxygen atoms in total. The molecule has 0 spiro atoms. The predicted octanol–water partition coefficient (Wildman–Crippen LogP) is 3.18. The molecule has 0 fully saturated rings. The number of nitrogens with zero attached hydrogens (tertiary/aromatic N) is 1. The second kappa shape index (κ2) is 4.57. The van der Waals surface area contributed by atoms with Gasteiger partial charge in [0, 0.05) is 11.6 Å². The highest BCUT2D eigenvalue weighted by molar-refractivity contribution is 7.13. The predicted molar refractivity (Wildman–Crippen MR) is 51.4 cm³/mol. The first-order valence-electron chi connectivity index (χ1n) is 4.03. The number of nitrogens with one attached hydrogen (secondary N) is 1. The summed E-state index contributed by atoms with van der Waals surface area (Å²) in [6.45, 7) is 0. The molecule has 1 amide bonds. The summed E-state index contributed by atoms with van der Waals surface area (Å²) in [5.74, 6) is -14.4. The minimum absolute atomic E-state index is 0.437. The van der Waals surface area contributed by atoms with Gasteiger partial charge in [-0.1, -0.05) is 0 Å². The van der Waals surface area contributed by atoms with Crippen molar-refractivity contribution in [3.8, 4) is 0 Å². The van der Waals surface area contributed by atoms with E-state index in [1.807, 2.05) is 0 Å². The van der Waals surface area contributed by atoms with Gasteiger partial charge in [-0.15, -0.1) is 11.3 Å². The van der Waals surface area contributed by atoms with Crippen LogP contribution in [-0.4, -0.2) is 28.1 Å². The van der Waals surface area contributed by atoms with E-state index in [-0.39, 0.29) is 0 Å². The molecule has 0 bridgehead atoms. The maximum absolute atomic E-state index is 12.9. The van der Waals surface area contributed by atoms with Crippen LogP contribution in [0.15, 0.2) is 11.6 Å². The van der Waals surface area contributed by atoms with Gasteiger partial charge in [-0.3, -0.25) is 10.1 Å². The van der Waals surface area contributed by atoms with Gasteiger partial charge in [0.05, 0.1) is 0 Å². The Hall–Kier alpha value is -1.03. The van der Waals surface area contributed by atoms with Crippen molar-refractivity contribution in [2.24, 2.45) is 0 Å². The summed E-state index contributed by atoms with van der Waals surface area (Å²) in [6.07, 6.45) is 1.09. The average Bonchev–Trinajstić information content (AvgIpc) is 2.68. The second-order valence-corrected chi connectivity index (χ2v) is 4.31. The quantitative estimate of drug-likeness (QED) is 0.685. The SMILES string of the molecule is O=C(Nc1nccs1)C(F)(F)C(F)(F)C(F)(F)Cl. The lowest BCUT2D eigenvalue weighted by atomic mass is 10.1. The summed E-state index contributed by atoms with van der Waals surface area (Å²) >= 11 is 4.52. The zero-order chi connectivity index (χ0) is 14.2. The topological polar surface area (TPSA) is 42.0 Å². The summed E-state index contributed by atoms with van der Waals surface area (Å²) in [5.41, 5.74) is 0. The Bertz CT molecular complexity index is 432. The van der Waals surface area contributed by atoms with Crippen LogP contribution in [0.25, 0.3) is 0 Å². The lowest BCUT2D eigenvalue weighted by Gasteiger charge is -2.27. The number of anilines is 1. The number of halogens is 7. The molecule has 0 aromatic carbocycles. The number of rotatable bonds is 4. The second-order valence-electron chi connectivity index (χ2n) is 2.94. The molecule has 1 N–H and O–H groups in total. The zero-order valence-electron chi connectivity index (χ0n) is 8.06. The van der Waals surface area contributed by atoms with Gasteiger partial charge in [-0.2, -0.15) is 26.3 Å². The van der Waals surface area contributed by atoms with Crippen LogP contribution in [0.4, 0.5) is 31.5 Å². The van der Waals surface area contributed by atoms with Crippen molar-refractivity contribution in [3.63, 3.8) is 0 Å². The molecule has 0 aliphatic rings. The van der Waals surface area contributed by atoms with Crippen LogP contribution in [0.5, 0.6) is 0 Å². The molecule has 102 valence electrons. The molecule has 1 rings (SSSR count). The Kier molecular flexibility index (Phi) is 3.82. The van der Waals surface area contributed by atoms with Gasteiger partial charge in [0.15, 0.2) is 5.13 Å². The third-order valence-electron chi connectivity index (χ3n) is 1.69. The Morgan fingerprint density at radius 3 is 2.22 bits per heavy atom. The molecule has 0 unspecified atom stereocenters. The van der Waals surface area contributed by atoms with E-state index >= 15 is 0 Å². The Morgan fingerprint density at radius 2 is 1.83 bits per heavy atom. The van der Waals surface area contributed by atoms with Gasteiger partial charge in [0.2, 0.25) is 0 Å². The molecular formula is C7H3ClF6N2OS. The highest BCUT2D eigenvalue weighted by Crippen LogP contribution is 2.48. The number of thiazole rings is 1. The molecule has 18 heavy (non-hydrogen) atoms. The Balaban J connectivity index is 2.96. The van der Waals surface area contributed by atoms with Crippen LogP contribution in [0.1, 0.15) is 0 Å². The Morgan fingerprint density at radius 1 is 1.28 bits per heavy atom. The molecular weight excluding hydrogens is 310 g/mol. The van der Waals surface area contributed by atoms with E-state index in [0.717, 1.165) is 6.20 Å². The largest absolute Gasteiger partial charge is 0.395 e. The Labute approximate surface area is 105 Å². The molecule has 11 heteroatoms. The summed E-state index contributed by atoms with van der Waals surface area (Å²) < 4.78 is 75.6. The molecule has 0 saturated heterocycles. The molecule has 1 aromatic rings. The number of carbonyl (C=O) groups is 1. The molecule has 0 atom stereocenters. The van der Waals surface area contributed by atoms with E-state index in [4.69, 9.17) is 0 Å². The van der Waals surface area contributed by atoms with E-state index in [0.29, 0.717) is 11.3 Å². The standard InChI is InChI=1S/C7H3ClF6N2OS/c8-7(13,14)6(11,12)5(9,10)3(17)16-4-15-1-2-18-4/h1-2H,(H,15,16,17). The maximum Gasteiger partial charge on any atom is 0.395 e. The fourth-order valence-corrected chi connectivity index (χ4v) is 1.42. The van der Waals surface area contributed by atoms with Crippen molar-refractivity contribution in [3.05, 3.63) is 11.6 Å². The van der Waals surface area contributed by atoms with Crippen molar-refractivity contribution < 1.29 is 31.1 Å². The van der Waals surface area contributed by atoms with Crippen molar-refractivity contribution in [2.45, 2.75) is 17.2 Å². The minimum Gasteiger partial charge on any atom is -0.296 e. The average molecular weight is 313 g/mol. The summed E-state index contributed by atoms with van der Waals surface area (Å²) in [5, 5.41) is -3.47. The third-order valence-corrected chi connectivity index (χ3v) is 2.61. The number of alkyl halides is 7. The van der Waals surface area contributed by atoms with Gasteiger partial charge in [-0.05, 0) is 11.6 Å². The van der Waals surface area contributed by atoms with Crippen molar-refractivity contribution >= 4 is 34.0 Å². The fraction of sp³-hybridized carbons (Fsp3) is 0.429. The molecule has 0 aliphatic carbocycles. The van der Waals surface area contributed by atoms with Gasteiger partial charge in [0.25, 0.3) is 0 Å². The zero-order valence-corrected chi connectivity index (χ0v) is 9.64. The highest BCUT2D eigenvalue weighted by atomic mass is 35.5. The summed E-state index contributed by atoms with van der Waals surface area (Å²) in [6, 6.07) is 0.